The average Bonchev–Trinajstić information content (AvgIpc) is 2.92. The molecule has 0 heterocycles. The molecule has 0 unspecified atom stereocenters. The molecule has 10 N–H and O–H groups in total. The highest BCUT2D eigenvalue weighted by atomic mass is 28.4. The molecule has 0 aliphatic carbocycles. The van der Waals surface area contributed by atoms with E-state index in [1.807, 2.05) is 12.1 Å². The molecule has 0 aliphatic rings. The molecule has 12 nitrogen and oxygen atoms in total. The minimum absolute atomic E-state index is 0.0381. The van der Waals surface area contributed by atoms with Crippen molar-refractivity contribution in [1.82, 2.24) is 10.6 Å². The summed E-state index contributed by atoms with van der Waals surface area (Å²) in [4.78, 5) is 63.6. The molecule has 0 radical (unpaired) electrons. The summed E-state index contributed by atoms with van der Waals surface area (Å²) in [7, 11) is -8.06. The van der Waals surface area contributed by atoms with Gasteiger partial charge in [0, 0.05) is 48.7 Å². The van der Waals surface area contributed by atoms with Gasteiger partial charge in [0.25, 0.3) is 0 Å². The first-order valence-electron chi connectivity index (χ1n) is 13.5. The largest absolute Gasteiger partial charge is 0.507 e. The van der Waals surface area contributed by atoms with E-state index in [9.17, 15) is 10.2 Å². The van der Waals surface area contributed by atoms with Gasteiger partial charge in [-0.05, 0) is 73.5 Å². The van der Waals surface area contributed by atoms with Gasteiger partial charge in [0.2, 0.25) is 0 Å². The van der Waals surface area contributed by atoms with Crippen LogP contribution in [0.3, 0.4) is 0 Å². The van der Waals surface area contributed by atoms with Crippen molar-refractivity contribution in [3.8, 4) is 11.5 Å². The highest BCUT2D eigenvalue weighted by Gasteiger charge is 2.25. The van der Waals surface area contributed by atoms with Crippen LogP contribution in [-0.2, 0) is 13.1 Å². The molecule has 0 amide bonds. The van der Waals surface area contributed by atoms with Crippen molar-refractivity contribution >= 4 is 41.4 Å². The minimum Gasteiger partial charge on any atom is -0.507 e. The third kappa shape index (κ3) is 12.3. The van der Waals surface area contributed by atoms with Gasteiger partial charge >= 0.3 is 17.6 Å². The second-order valence-electron chi connectivity index (χ2n) is 9.90. The Hall–Kier alpha value is -3.29. The van der Waals surface area contributed by atoms with Crippen LogP contribution in [0, 0.1) is 0 Å². The van der Waals surface area contributed by atoms with Crippen LogP contribution < -0.4 is 10.6 Å². The smallest absolute Gasteiger partial charge is 0.492 e. The Kier molecular flexibility index (Phi) is 12.5. The van der Waals surface area contributed by atoms with Crippen LogP contribution in [-0.4, -0.2) is 82.1 Å². The predicted molar refractivity (Wildman–Crippen MR) is 164 cm³/mol. The first kappa shape index (κ1) is 33.2. The fourth-order valence-electron chi connectivity index (χ4n) is 3.96. The topological polar surface area (TPSA) is 211 Å². The van der Waals surface area contributed by atoms with E-state index in [1.54, 1.807) is 48.5 Å². The minimum atomic E-state index is -4.03. The van der Waals surface area contributed by atoms with Gasteiger partial charge < -0.3 is 49.6 Å². The van der Waals surface area contributed by atoms with Crippen molar-refractivity contribution in [2.24, 2.45) is 9.98 Å². The zero-order valence-corrected chi connectivity index (χ0v) is 25.1. The van der Waals surface area contributed by atoms with Gasteiger partial charge in [0.15, 0.2) is 0 Å². The summed E-state index contributed by atoms with van der Waals surface area (Å²) >= 11 is 0. The molecule has 226 valence electrons. The second kappa shape index (κ2) is 15.8. The molecule has 0 saturated heterocycles. The fourth-order valence-corrected chi connectivity index (χ4v) is 5.26. The second-order valence-corrected chi connectivity index (χ2v) is 14.0. The lowest BCUT2D eigenvalue weighted by atomic mass is 10.1. The quantitative estimate of drug-likeness (QED) is 0.0636. The van der Waals surface area contributed by atoms with Crippen molar-refractivity contribution in [3.05, 3.63) is 82.9 Å². The number of rotatable bonds is 16. The summed E-state index contributed by atoms with van der Waals surface area (Å²) in [5.41, 5.74) is 3.88. The van der Waals surface area contributed by atoms with Crippen LogP contribution in [0.1, 0.15) is 35.1 Å². The maximum atomic E-state index is 10.3. The van der Waals surface area contributed by atoms with Gasteiger partial charge in [-0.25, -0.2) is 0 Å². The highest BCUT2D eigenvalue weighted by molar-refractivity contribution is 6.56. The first-order chi connectivity index (χ1) is 19.9. The molecule has 0 atom stereocenters. The number of nitrogens with one attached hydrogen (secondary N) is 2. The Labute approximate surface area is 246 Å². The first-order valence-corrected chi connectivity index (χ1v) is 17.6. The lowest BCUT2D eigenvalue weighted by molar-refractivity contribution is 0.224. The number of hydrogen-bond donors (Lipinski definition) is 10. The zero-order valence-electron chi connectivity index (χ0n) is 23.1. The van der Waals surface area contributed by atoms with Gasteiger partial charge in [-0.1, -0.05) is 24.3 Å². The molecule has 3 rings (SSSR count). The molecule has 0 aromatic heterocycles. The van der Waals surface area contributed by atoms with E-state index in [1.165, 1.54) is 12.4 Å². The van der Waals surface area contributed by atoms with E-state index in [0.717, 1.165) is 11.1 Å². The summed E-state index contributed by atoms with van der Waals surface area (Å²) in [5, 5.41) is 27.0. The third-order valence-corrected chi connectivity index (χ3v) is 8.19. The Balaban J connectivity index is 1.64. The number of phenolic OH excluding ortho intramolecular Hbond substituents is 2. The van der Waals surface area contributed by atoms with Crippen molar-refractivity contribution in [1.29, 1.82) is 0 Å². The monoisotopic (exact) mass is 614 g/mol. The van der Waals surface area contributed by atoms with Gasteiger partial charge in [0.1, 0.15) is 11.5 Å². The molecule has 3 aromatic rings. The molecular weight excluding hydrogens is 577 g/mol. The van der Waals surface area contributed by atoms with Gasteiger partial charge in [-0.2, -0.15) is 0 Å². The van der Waals surface area contributed by atoms with Crippen LogP contribution in [0.5, 0.6) is 11.5 Å². The summed E-state index contributed by atoms with van der Waals surface area (Å²) < 4.78 is 0. The number of benzene rings is 3. The molecule has 0 spiro atoms. The number of aliphatic imine (C=N–C) groups is 2. The number of para-hydroxylation sites is 2. The summed E-state index contributed by atoms with van der Waals surface area (Å²) in [6.07, 6.45) is 3.92. The van der Waals surface area contributed by atoms with Gasteiger partial charge in [0.05, 0.1) is 11.4 Å². The fraction of sp³-hybridized carbons (Fsp3) is 0.286. The number of nitrogens with zero attached hydrogens (tertiary/aromatic N) is 2. The maximum Gasteiger partial charge on any atom is 0.492 e. The van der Waals surface area contributed by atoms with Crippen molar-refractivity contribution < 1.29 is 39.0 Å². The van der Waals surface area contributed by atoms with E-state index in [-0.39, 0.29) is 23.6 Å². The van der Waals surface area contributed by atoms with E-state index in [4.69, 9.17) is 28.8 Å². The van der Waals surface area contributed by atoms with Crippen LogP contribution in [0.2, 0.25) is 12.1 Å². The number of aromatic hydroxyl groups is 2. The third-order valence-electron chi connectivity index (χ3n) is 6.14. The van der Waals surface area contributed by atoms with Crippen LogP contribution >= 0.6 is 0 Å². The molecule has 42 heavy (non-hydrogen) atoms. The SMILES string of the molecule is Oc1ccc(CNCCC[Si](O)(O)O)cc1C=Nc1ccccc1N=Cc1cc(CNCCC[Si](O)(O)O)ccc1O. The van der Waals surface area contributed by atoms with Crippen molar-refractivity contribution in [2.45, 2.75) is 38.0 Å². The van der Waals surface area contributed by atoms with Gasteiger partial charge in [-0.3, -0.25) is 9.98 Å². The summed E-state index contributed by atoms with van der Waals surface area (Å²) in [6.45, 7) is 1.94. The average molecular weight is 615 g/mol. The zero-order chi connectivity index (χ0) is 30.6. The summed E-state index contributed by atoms with van der Waals surface area (Å²) in [5.74, 6) is 0.113. The van der Waals surface area contributed by atoms with Crippen LogP contribution in [0.15, 0.2) is 70.6 Å². The lowest BCUT2D eigenvalue weighted by Crippen LogP contribution is -2.35. The lowest BCUT2D eigenvalue weighted by Gasteiger charge is -2.10. The van der Waals surface area contributed by atoms with E-state index >= 15 is 0 Å². The molecule has 14 heteroatoms. The predicted octanol–water partition coefficient (Wildman–Crippen LogP) is 1.39. The van der Waals surface area contributed by atoms with E-state index < -0.39 is 17.6 Å². The Bertz CT molecular complexity index is 1260. The molecule has 0 aliphatic heterocycles. The van der Waals surface area contributed by atoms with Crippen molar-refractivity contribution in [2.75, 3.05) is 13.1 Å². The summed E-state index contributed by atoms with van der Waals surface area (Å²) in [6, 6.07) is 17.4. The molecule has 0 saturated carbocycles. The normalized spacial score (nSPS) is 12.5. The highest BCUT2D eigenvalue weighted by Crippen LogP contribution is 2.28. The molecular formula is C28H38N4O8Si2. The van der Waals surface area contributed by atoms with Crippen LogP contribution in [0.25, 0.3) is 0 Å². The maximum absolute atomic E-state index is 10.3. The molecule has 3 aromatic carbocycles. The Morgan fingerprint density at radius 1 is 0.595 bits per heavy atom. The molecule has 0 bridgehead atoms. The van der Waals surface area contributed by atoms with Crippen LogP contribution in [0.4, 0.5) is 11.4 Å². The Morgan fingerprint density at radius 2 is 1.00 bits per heavy atom. The van der Waals surface area contributed by atoms with E-state index in [0.29, 0.717) is 61.5 Å². The molecule has 0 fully saturated rings. The van der Waals surface area contributed by atoms with Crippen molar-refractivity contribution in [3.63, 3.8) is 0 Å². The van der Waals surface area contributed by atoms with Gasteiger partial charge in [-0.15, -0.1) is 0 Å². The number of hydrogen-bond acceptors (Lipinski definition) is 12. The number of phenols is 2. The van der Waals surface area contributed by atoms with E-state index in [2.05, 4.69) is 20.6 Å². The Morgan fingerprint density at radius 3 is 1.38 bits per heavy atom. The standard InChI is InChI=1S/C28H38N4O8Si2/c33-27-9-7-21(17-29-11-3-13-41(35,36)37)15-23(27)19-31-25-5-1-2-6-26(25)32-20-24-16-22(8-10-28(24)34)18-30-12-4-14-42(38,39)40/h1-2,5-10,15-16,19-20,29-30,33-40H,3-4,11-14,17-18H2.